The Kier molecular flexibility index (Phi) is 10.6. The fraction of sp³-hybridized carbons (Fsp3) is 0.387. The van der Waals surface area contributed by atoms with Gasteiger partial charge >= 0.3 is 0 Å². The quantitative estimate of drug-likeness (QED) is 0.195. The summed E-state index contributed by atoms with van der Waals surface area (Å²) in [6, 6.07) is 18.3. The number of amides is 1. The third-order valence-corrected chi connectivity index (χ3v) is 7.89. The van der Waals surface area contributed by atoms with Crippen molar-refractivity contribution in [2.75, 3.05) is 12.9 Å². The molecule has 200 valence electrons. The summed E-state index contributed by atoms with van der Waals surface area (Å²) >= 11 is 1.78. The van der Waals surface area contributed by atoms with Gasteiger partial charge in [0.1, 0.15) is 11.6 Å². The van der Waals surface area contributed by atoms with E-state index in [1.807, 2.05) is 24.3 Å². The van der Waals surface area contributed by atoms with E-state index in [9.17, 15) is 4.79 Å². The summed E-state index contributed by atoms with van der Waals surface area (Å²) in [5, 5.41) is 13.1. The fourth-order valence-corrected chi connectivity index (χ4v) is 5.49. The van der Waals surface area contributed by atoms with Gasteiger partial charge in [0, 0.05) is 37.2 Å². The smallest absolute Gasteiger partial charge is 0.220 e. The Bertz CT molecular complexity index is 1250. The number of nitrogens with zero attached hydrogens (tertiary/aromatic N) is 3. The molecule has 0 fully saturated rings. The van der Waals surface area contributed by atoms with Crippen LogP contribution in [0, 0.1) is 0 Å². The van der Waals surface area contributed by atoms with Crippen molar-refractivity contribution >= 4 is 17.7 Å². The molecule has 1 amide bonds. The number of carbonyl (C=O) groups excluding carboxylic acids is 1. The summed E-state index contributed by atoms with van der Waals surface area (Å²) in [5.74, 6) is 2.80. The van der Waals surface area contributed by atoms with Gasteiger partial charge in [-0.15, -0.1) is 10.2 Å². The number of methoxy groups -OCH3 is 1. The monoisotopic (exact) mass is 530 g/mol. The molecule has 0 saturated carbocycles. The SMILES string of the molecule is COc1ccccc1CNC(=O)CCCCc1nnc(SCC2=CC=C(C)CC2)n1CCc1ccccc1. The number of nitrogens with one attached hydrogen (secondary N) is 1. The molecule has 1 aliphatic rings. The first kappa shape index (κ1) is 27.7. The van der Waals surface area contributed by atoms with Crippen LogP contribution in [0.2, 0.25) is 0 Å². The van der Waals surface area contributed by atoms with Gasteiger partial charge in [0.25, 0.3) is 0 Å². The summed E-state index contributed by atoms with van der Waals surface area (Å²) < 4.78 is 7.65. The number of unbranched alkanes of at least 4 members (excludes halogenated alkanes) is 1. The third kappa shape index (κ3) is 8.35. The molecule has 1 N–H and O–H groups in total. The Balaban J connectivity index is 1.30. The molecule has 0 atom stereocenters. The highest BCUT2D eigenvalue weighted by molar-refractivity contribution is 7.99. The van der Waals surface area contributed by atoms with Gasteiger partial charge in [0.2, 0.25) is 5.91 Å². The highest BCUT2D eigenvalue weighted by Crippen LogP contribution is 2.26. The predicted octanol–water partition coefficient (Wildman–Crippen LogP) is 6.32. The number of aryl methyl sites for hydroxylation is 2. The minimum Gasteiger partial charge on any atom is -0.496 e. The zero-order valence-corrected chi connectivity index (χ0v) is 23.3. The number of benzene rings is 2. The van der Waals surface area contributed by atoms with Crippen molar-refractivity contribution in [3.8, 4) is 5.75 Å². The molecule has 1 aromatic heterocycles. The van der Waals surface area contributed by atoms with Gasteiger partial charge in [-0.2, -0.15) is 0 Å². The zero-order valence-electron chi connectivity index (χ0n) is 22.5. The van der Waals surface area contributed by atoms with Crippen molar-refractivity contribution in [2.45, 2.75) is 70.1 Å². The number of rotatable bonds is 14. The average molecular weight is 531 g/mol. The van der Waals surface area contributed by atoms with Gasteiger partial charge in [-0.05, 0) is 50.7 Å². The van der Waals surface area contributed by atoms with Gasteiger partial charge in [0.05, 0.1) is 7.11 Å². The van der Waals surface area contributed by atoms with Gasteiger partial charge < -0.3 is 14.6 Å². The van der Waals surface area contributed by atoms with E-state index >= 15 is 0 Å². The van der Waals surface area contributed by atoms with E-state index in [-0.39, 0.29) is 5.91 Å². The number of hydrogen-bond donors (Lipinski definition) is 1. The Labute approximate surface area is 230 Å². The number of allylic oxidation sites excluding steroid dienone is 3. The molecule has 0 spiro atoms. The summed E-state index contributed by atoms with van der Waals surface area (Å²) in [5.41, 5.74) is 5.19. The van der Waals surface area contributed by atoms with E-state index in [0.717, 1.165) is 73.1 Å². The second-order valence-electron chi connectivity index (χ2n) is 9.71. The van der Waals surface area contributed by atoms with Gasteiger partial charge in [0.15, 0.2) is 5.16 Å². The first-order valence-electron chi connectivity index (χ1n) is 13.4. The van der Waals surface area contributed by atoms with Crippen LogP contribution in [0.5, 0.6) is 5.75 Å². The lowest BCUT2D eigenvalue weighted by Crippen LogP contribution is -2.22. The normalized spacial score (nSPS) is 13.1. The fourth-order valence-electron chi connectivity index (χ4n) is 4.48. The lowest BCUT2D eigenvalue weighted by Gasteiger charge is -2.13. The van der Waals surface area contributed by atoms with Crippen LogP contribution in [0.4, 0.5) is 0 Å². The maximum atomic E-state index is 12.4. The molecule has 1 heterocycles. The number of thioether (sulfide) groups is 1. The van der Waals surface area contributed by atoms with Crippen molar-refractivity contribution < 1.29 is 9.53 Å². The Morgan fingerprint density at radius 2 is 1.82 bits per heavy atom. The van der Waals surface area contributed by atoms with E-state index in [2.05, 4.69) is 69.5 Å². The molecule has 2 aromatic carbocycles. The first-order chi connectivity index (χ1) is 18.6. The predicted molar refractivity (Wildman–Crippen MR) is 154 cm³/mol. The van der Waals surface area contributed by atoms with Crippen LogP contribution in [0.3, 0.4) is 0 Å². The topological polar surface area (TPSA) is 69.0 Å². The van der Waals surface area contributed by atoms with E-state index in [1.165, 1.54) is 16.7 Å². The van der Waals surface area contributed by atoms with Crippen LogP contribution in [-0.2, 0) is 30.7 Å². The molecular weight excluding hydrogens is 492 g/mol. The van der Waals surface area contributed by atoms with Gasteiger partial charge in [-0.3, -0.25) is 4.79 Å². The summed E-state index contributed by atoms with van der Waals surface area (Å²) in [4.78, 5) is 12.4. The summed E-state index contributed by atoms with van der Waals surface area (Å²) in [7, 11) is 1.65. The summed E-state index contributed by atoms with van der Waals surface area (Å²) in [6.07, 6.45) is 10.7. The Morgan fingerprint density at radius 1 is 1.00 bits per heavy atom. The van der Waals surface area contributed by atoms with Gasteiger partial charge in [-0.25, -0.2) is 0 Å². The standard InChI is InChI=1S/C31H38N4O2S/c1-24-16-18-26(19-17-24)23-38-31-34-33-29(35(31)21-20-25-10-4-3-5-11-25)14-8-9-15-30(36)32-22-27-12-6-7-13-28(27)37-2/h3-7,10-13,16,18H,8-9,14-15,17,19-23H2,1-2H3,(H,32,36). The van der Waals surface area contributed by atoms with E-state index in [1.54, 1.807) is 18.9 Å². The molecule has 0 radical (unpaired) electrons. The van der Waals surface area contributed by atoms with Crippen molar-refractivity contribution in [3.63, 3.8) is 0 Å². The lowest BCUT2D eigenvalue weighted by atomic mass is 10.0. The van der Waals surface area contributed by atoms with Gasteiger partial charge in [-0.1, -0.05) is 83.6 Å². The molecule has 3 aromatic rings. The molecule has 4 rings (SSSR count). The Morgan fingerprint density at radius 3 is 2.61 bits per heavy atom. The van der Waals surface area contributed by atoms with Crippen molar-refractivity contribution in [1.29, 1.82) is 0 Å². The average Bonchev–Trinajstić information content (AvgIpc) is 3.34. The molecule has 1 aliphatic carbocycles. The second-order valence-corrected chi connectivity index (χ2v) is 10.7. The molecule has 38 heavy (non-hydrogen) atoms. The van der Waals surface area contributed by atoms with Crippen LogP contribution in [0.25, 0.3) is 0 Å². The van der Waals surface area contributed by atoms with Crippen LogP contribution in [0.15, 0.2) is 83.1 Å². The molecule has 0 unspecified atom stereocenters. The zero-order chi connectivity index (χ0) is 26.6. The minimum atomic E-state index is 0.0581. The molecule has 6 nitrogen and oxygen atoms in total. The number of ether oxygens (including phenoxy) is 1. The highest BCUT2D eigenvalue weighted by atomic mass is 32.2. The lowest BCUT2D eigenvalue weighted by molar-refractivity contribution is -0.121. The first-order valence-corrected chi connectivity index (χ1v) is 14.4. The van der Waals surface area contributed by atoms with E-state index in [0.29, 0.717) is 13.0 Å². The maximum absolute atomic E-state index is 12.4. The second kappa shape index (κ2) is 14.6. The summed E-state index contributed by atoms with van der Waals surface area (Å²) in [6.45, 7) is 3.52. The van der Waals surface area contributed by atoms with Crippen molar-refractivity contribution in [1.82, 2.24) is 20.1 Å². The van der Waals surface area contributed by atoms with Crippen LogP contribution < -0.4 is 10.1 Å². The molecule has 0 saturated heterocycles. The van der Waals surface area contributed by atoms with Crippen LogP contribution in [0.1, 0.15) is 56.0 Å². The van der Waals surface area contributed by atoms with E-state index in [4.69, 9.17) is 4.74 Å². The van der Waals surface area contributed by atoms with Crippen molar-refractivity contribution in [2.24, 2.45) is 0 Å². The van der Waals surface area contributed by atoms with E-state index < -0.39 is 0 Å². The highest BCUT2D eigenvalue weighted by Gasteiger charge is 2.15. The molecule has 0 aliphatic heterocycles. The molecular formula is C31H38N4O2S. The largest absolute Gasteiger partial charge is 0.496 e. The number of para-hydroxylation sites is 1. The number of carbonyl (C=O) groups is 1. The molecule has 0 bridgehead atoms. The number of hydrogen-bond acceptors (Lipinski definition) is 5. The maximum Gasteiger partial charge on any atom is 0.220 e. The minimum absolute atomic E-state index is 0.0581. The van der Waals surface area contributed by atoms with Crippen LogP contribution >= 0.6 is 11.8 Å². The Hall–Kier alpha value is -3.32. The number of aromatic nitrogens is 3. The van der Waals surface area contributed by atoms with Crippen molar-refractivity contribution in [3.05, 3.63) is 94.8 Å². The third-order valence-electron chi connectivity index (χ3n) is 6.81. The molecule has 7 heteroatoms. The van der Waals surface area contributed by atoms with Crippen LogP contribution in [-0.4, -0.2) is 33.5 Å².